The largest absolute Gasteiger partial charge is 0.691 e. The molecule has 1 fully saturated rings. The first-order chi connectivity index (χ1) is 10.5. The van der Waals surface area contributed by atoms with Gasteiger partial charge in [-0.3, -0.25) is 5.04 Å². The quantitative estimate of drug-likeness (QED) is 0.409. The minimum Gasteiger partial charge on any atom is -0.691 e. The molecule has 1 aliphatic rings. The second-order valence-corrected chi connectivity index (χ2v) is 7.60. The fraction of sp³-hybridized carbons (Fsp3) is 0.667. The molecule has 1 aromatic carbocycles. The zero-order valence-corrected chi connectivity index (χ0v) is 14.9. The highest BCUT2D eigenvalue weighted by Crippen LogP contribution is 2.41. The molecule has 2 rings (SSSR count). The average molecular weight is 323 g/mol. The summed E-state index contributed by atoms with van der Waals surface area (Å²) in [4.78, 5) is 1.04. The van der Waals surface area contributed by atoms with Gasteiger partial charge in [-0.2, -0.15) is 4.33 Å². The molecule has 0 heterocycles. The van der Waals surface area contributed by atoms with Crippen LogP contribution in [0.1, 0.15) is 94.2 Å². The molecule has 0 radical (unpaired) electrons. The monoisotopic (exact) mass is 323 g/mol. The van der Waals surface area contributed by atoms with Gasteiger partial charge < -0.3 is 5.26 Å². The Kier molecular flexibility index (Phi) is 6.75. The molecule has 0 saturated heterocycles. The second kappa shape index (κ2) is 8.34. The van der Waals surface area contributed by atoms with Crippen LogP contribution in [0.5, 0.6) is 0 Å². The van der Waals surface area contributed by atoms with E-state index in [0.717, 1.165) is 16.9 Å². The molecule has 0 bridgehead atoms. The van der Waals surface area contributed by atoms with Crippen LogP contribution in [0.2, 0.25) is 0 Å². The van der Waals surface area contributed by atoms with Crippen molar-refractivity contribution in [1.29, 1.82) is 0 Å². The summed E-state index contributed by atoms with van der Waals surface area (Å²) in [7, 11) is 0. The van der Waals surface area contributed by atoms with Crippen molar-refractivity contribution in [2.24, 2.45) is 0 Å². The molecule has 0 aliphatic heterocycles. The first-order valence-electron chi connectivity index (χ1n) is 8.35. The maximum atomic E-state index is 10.2. The molecule has 1 aromatic rings. The van der Waals surface area contributed by atoms with E-state index in [1.807, 2.05) is 0 Å². The molecule has 0 aromatic heterocycles. The Morgan fingerprint density at radius 3 is 2.00 bits per heavy atom. The van der Waals surface area contributed by atoms with Crippen molar-refractivity contribution in [3.05, 3.63) is 28.8 Å². The molecule has 0 unspecified atom stereocenters. The minimum absolute atomic E-state index is 0.388. The summed E-state index contributed by atoms with van der Waals surface area (Å²) >= 11 is 1.05. The molecule has 3 nitrogen and oxygen atoms in total. The zero-order valence-electron chi connectivity index (χ0n) is 14.1. The fourth-order valence-electron chi connectivity index (χ4n) is 3.37. The lowest BCUT2D eigenvalue weighted by Gasteiger charge is -2.26. The Morgan fingerprint density at radius 2 is 1.55 bits per heavy atom. The van der Waals surface area contributed by atoms with E-state index in [1.165, 1.54) is 48.8 Å². The number of rotatable bonds is 6. The molecule has 124 valence electrons. The van der Waals surface area contributed by atoms with E-state index in [1.54, 1.807) is 0 Å². The summed E-state index contributed by atoms with van der Waals surface area (Å²) in [5.74, 6) is 1.46. The van der Waals surface area contributed by atoms with Crippen LogP contribution in [-0.2, 0) is 9.37 Å². The lowest BCUT2D eigenvalue weighted by Crippen LogP contribution is -2.09. The first kappa shape index (κ1) is 17.8. The summed E-state index contributed by atoms with van der Waals surface area (Å²) in [6, 6.07) is 4.64. The predicted octanol–water partition coefficient (Wildman–Crippen LogP) is 5.21. The van der Waals surface area contributed by atoms with Crippen molar-refractivity contribution in [2.75, 3.05) is 0 Å². The Balaban J connectivity index is 2.44. The van der Waals surface area contributed by atoms with E-state index in [9.17, 15) is 5.26 Å². The summed E-state index contributed by atoms with van der Waals surface area (Å²) in [6.45, 7) is 8.75. The molecule has 22 heavy (non-hydrogen) atoms. The van der Waals surface area contributed by atoms with Crippen molar-refractivity contribution in [3.63, 3.8) is 0 Å². The van der Waals surface area contributed by atoms with E-state index in [-0.39, 0.29) is 0 Å². The molecule has 0 N–H and O–H groups in total. The Bertz CT molecular complexity index is 450. The van der Waals surface area contributed by atoms with Gasteiger partial charge >= 0.3 is 0 Å². The van der Waals surface area contributed by atoms with Crippen molar-refractivity contribution < 1.29 is 14.6 Å². The normalized spacial score (nSPS) is 16.7. The highest BCUT2D eigenvalue weighted by Gasteiger charge is 2.22. The maximum absolute atomic E-state index is 10.2. The number of benzene rings is 1. The zero-order chi connectivity index (χ0) is 16.1. The van der Waals surface area contributed by atoms with Crippen LogP contribution in [0.3, 0.4) is 0 Å². The van der Waals surface area contributed by atoms with Crippen LogP contribution in [0.4, 0.5) is 0 Å². The molecule has 0 amide bonds. The molecular weight excluding hydrogens is 296 g/mol. The smallest absolute Gasteiger partial charge is 0.0680 e. The van der Waals surface area contributed by atoms with Gasteiger partial charge in [0.2, 0.25) is 0 Å². The topological polar surface area (TPSA) is 41.5 Å². The van der Waals surface area contributed by atoms with Gasteiger partial charge in [0, 0.05) is 4.90 Å². The van der Waals surface area contributed by atoms with Gasteiger partial charge in [0.05, 0.1) is 12.0 Å². The van der Waals surface area contributed by atoms with Crippen LogP contribution in [0, 0.1) is 0 Å². The maximum Gasteiger partial charge on any atom is 0.0680 e. The van der Waals surface area contributed by atoms with E-state index in [4.69, 9.17) is 0 Å². The van der Waals surface area contributed by atoms with Gasteiger partial charge in [-0.05, 0) is 47.3 Å². The van der Waals surface area contributed by atoms with Crippen molar-refractivity contribution in [1.82, 2.24) is 0 Å². The molecular formula is C18H27O3S-. The lowest BCUT2D eigenvalue weighted by atomic mass is 9.81. The van der Waals surface area contributed by atoms with E-state index >= 15 is 0 Å². The summed E-state index contributed by atoms with van der Waals surface area (Å²) in [5, 5.41) is 13.8. The highest BCUT2D eigenvalue weighted by atomic mass is 32.2. The van der Waals surface area contributed by atoms with Crippen LogP contribution in [-0.4, -0.2) is 0 Å². The third-order valence-electron chi connectivity index (χ3n) is 4.63. The summed E-state index contributed by atoms with van der Waals surface area (Å²) in [5.41, 5.74) is 3.97. The Morgan fingerprint density at radius 1 is 1.00 bits per heavy atom. The van der Waals surface area contributed by atoms with Gasteiger partial charge in [-0.25, -0.2) is 0 Å². The molecule has 1 saturated carbocycles. The predicted molar refractivity (Wildman–Crippen MR) is 88.5 cm³/mol. The summed E-state index contributed by atoms with van der Waals surface area (Å²) in [6.07, 6.45) is 6.63. The number of hydrogen-bond acceptors (Lipinski definition) is 4. The van der Waals surface area contributed by atoms with Crippen molar-refractivity contribution >= 4 is 12.0 Å². The molecule has 1 aliphatic carbocycles. The Hall–Kier alpha value is -0.550. The third-order valence-corrected chi connectivity index (χ3v) is 5.40. The summed E-state index contributed by atoms with van der Waals surface area (Å²) < 4.78 is 4.65. The molecule has 4 heteroatoms. The average Bonchev–Trinajstić information content (AvgIpc) is 2.52. The van der Waals surface area contributed by atoms with Gasteiger partial charge in [-0.15, -0.1) is 0 Å². The van der Waals surface area contributed by atoms with Crippen LogP contribution in [0.15, 0.2) is 17.0 Å². The van der Waals surface area contributed by atoms with Crippen molar-refractivity contribution in [2.45, 2.75) is 82.4 Å². The van der Waals surface area contributed by atoms with E-state index in [2.05, 4.69) is 49.2 Å². The van der Waals surface area contributed by atoms with Crippen LogP contribution >= 0.6 is 12.0 Å². The second-order valence-electron chi connectivity index (χ2n) is 6.89. The SMILES string of the molecule is CC(C)c1cc(C2CCCCC2)cc(C(C)C)c1SOO[O-]. The lowest BCUT2D eigenvalue weighted by molar-refractivity contribution is -0.777. The Labute approximate surface area is 138 Å². The first-order valence-corrected chi connectivity index (χ1v) is 9.09. The van der Waals surface area contributed by atoms with E-state index in [0.29, 0.717) is 17.8 Å². The van der Waals surface area contributed by atoms with Crippen LogP contribution < -0.4 is 5.26 Å². The van der Waals surface area contributed by atoms with Gasteiger partial charge in [0.25, 0.3) is 0 Å². The van der Waals surface area contributed by atoms with E-state index < -0.39 is 0 Å². The van der Waals surface area contributed by atoms with Crippen LogP contribution in [0.25, 0.3) is 0 Å². The minimum atomic E-state index is 0.388. The standard InChI is InChI=1S/C18H28O3S/c1-12(2)16-10-15(14-8-6-5-7-9-14)11-17(13(3)4)18(16)22-21-20-19/h10-14,19H,5-9H2,1-4H3/p-1. The van der Waals surface area contributed by atoms with Gasteiger partial charge in [0.15, 0.2) is 0 Å². The molecule has 0 atom stereocenters. The third kappa shape index (κ3) is 4.25. The molecule has 0 spiro atoms. The fourth-order valence-corrected chi connectivity index (χ4v) is 4.25. The van der Waals surface area contributed by atoms with Gasteiger partial charge in [0.1, 0.15) is 0 Å². The van der Waals surface area contributed by atoms with Crippen molar-refractivity contribution in [3.8, 4) is 0 Å². The van der Waals surface area contributed by atoms with Gasteiger partial charge in [-0.1, -0.05) is 59.1 Å². The number of hydrogen-bond donors (Lipinski definition) is 0. The highest BCUT2D eigenvalue weighted by molar-refractivity contribution is 7.94.